The second kappa shape index (κ2) is 5.34. The molecule has 5 heteroatoms. The lowest BCUT2D eigenvalue weighted by Gasteiger charge is -2.00. The van der Waals surface area contributed by atoms with Crippen molar-refractivity contribution in [2.45, 2.75) is 6.42 Å². The van der Waals surface area contributed by atoms with E-state index >= 15 is 0 Å². The van der Waals surface area contributed by atoms with Gasteiger partial charge >= 0.3 is 0 Å². The highest BCUT2D eigenvalue weighted by atomic mass is 79.9. The molecule has 0 saturated heterocycles. The molecule has 102 valence electrons. The Morgan fingerprint density at radius 3 is 2.65 bits per heavy atom. The molecule has 0 radical (unpaired) electrons. The summed E-state index contributed by atoms with van der Waals surface area (Å²) in [6.07, 6.45) is 0.860. The number of hydrogen-bond donors (Lipinski definition) is 2. The van der Waals surface area contributed by atoms with Crippen molar-refractivity contribution in [3.63, 3.8) is 0 Å². The molecule has 3 aromatic rings. The predicted molar refractivity (Wildman–Crippen MR) is 81.9 cm³/mol. The number of fused-ring (bicyclic) bond motifs is 1. The van der Waals surface area contributed by atoms with Crippen LogP contribution >= 0.6 is 15.9 Å². The highest BCUT2D eigenvalue weighted by molar-refractivity contribution is 9.10. The van der Waals surface area contributed by atoms with Crippen LogP contribution in [-0.2, 0) is 6.42 Å². The summed E-state index contributed by atoms with van der Waals surface area (Å²) in [5.41, 5.74) is 9.12. The van der Waals surface area contributed by atoms with Gasteiger partial charge in [0, 0.05) is 11.6 Å². The Labute approximate surface area is 124 Å². The van der Waals surface area contributed by atoms with Gasteiger partial charge in [0.25, 0.3) is 0 Å². The predicted octanol–water partition coefficient (Wildman–Crippen LogP) is 3.63. The van der Waals surface area contributed by atoms with Gasteiger partial charge in [-0.05, 0) is 40.5 Å². The molecular weight excluding hydrogens is 321 g/mol. The van der Waals surface area contributed by atoms with Crippen LogP contribution in [0.4, 0.5) is 4.39 Å². The lowest BCUT2D eigenvalue weighted by atomic mass is 10.1. The maximum atomic E-state index is 13.5. The molecule has 20 heavy (non-hydrogen) atoms. The molecule has 0 aliphatic carbocycles. The second-order valence-corrected chi connectivity index (χ2v) is 5.46. The number of rotatable bonds is 3. The van der Waals surface area contributed by atoms with Crippen molar-refractivity contribution in [3.8, 4) is 11.4 Å². The van der Waals surface area contributed by atoms with E-state index in [4.69, 9.17) is 5.73 Å². The van der Waals surface area contributed by atoms with Gasteiger partial charge in [-0.1, -0.05) is 24.3 Å². The van der Waals surface area contributed by atoms with Crippen molar-refractivity contribution in [1.82, 2.24) is 9.97 Å². The van der Waals surface area contributed by atoms with Crippen LogP contribution in [0, 0.1) is 5.82 Å². The van der Waals surface area contributed by atoms with Gasteiger partial charge in [0.1, 0.15) is 11.6 Å². The zero-order valence-corrected chi connectivity index (χ0v) is 12.2. The minimum atomic E-state index is -0.300. The van der Waals surface area contributed by atoms with E-state index in [2.05, 4.69) is 25.9 Å². The minimum absolute atomic E-state index is 0.300. The molecule has 0 amide bonds. The lowest BCUT2D eigenvalue weighted by Crippen LogP contribution is -2.02. The Hall–Kier alpha value is -1.72. The molecule has 0 unspecified atom stereocenters. The van der Waals surface area contributed by atoms with Crippen molar-refractivity contribution in [3.05, 3.63) is 52.3 Å². The summed E-state index contributed by atoms with van der Waals surface area (Å²) < 4.78 is 13.9. The summed E-state index contributed by atoms with van der Waals surface area (Å²) in [4.78, 5) is 7.62. The number of H-pyrrole nitrogens is 1. The number of nitrogens with zero attached hydrogens (tertiary/aromatic N) is 1. The normalized spacial score (nSPS) is 11.2. The van der Waals surface area contributed by atoms with E-state index in [0.29, 0.717) is 16.5 Å². The Bertz CT molecular complexity index is 711. The number of hydrogen-bond acceptors (Lipinski definition) is 2. The fourth-order valence-corrected chi connectivity index (χ4v) is 2.47. The molecule has 0 aliphatic heterocycles. The molecule has 0 bridgehead atoms. The van der Waals surface area contributed by atoms with Crippen LogP contribution in [0.2, 0.25) is 0 Å². The van der Waals surface area contributed by atoms with Gasteiger partial charge in [-0.3, -0.25) is 0 Å². The third-order valence-corrected chi connectivity index (χ3v) is 3.79. The van der Waals surface area contributed by atoms with Crippen LogP contribution in [0.15, 0.2) is 40.9 Å². The highest BCUT2D eigenvalue weighted by Gasteiger charge is 2.08. The van der Waals surface area contributed by atoms with Crippen LogP contribution in [0.5, 0.6) is 0 Å². The molecule has 0 aliphatic rings. The molecule has 1 heterocycles. The quantitative estimate of drug-likeness (QED) is 0.768. The van der Waals surface area contributed by atoms with Crippen LogP contribution in [0.3, 0.4) is 0 Å². The number of aromatic nitrogens is 2. The molecule has 3 N–H and O–H groups in total. The molecule has 3 nitrogen and oxygen atoms in total. The highest BCUT2D eigenvalue weighted by Crippen LogP contribution is 2.25. The van der Waals surface area contributed by atoms with Gasteiger partial charge in [-0.15, -0.1) is 0 Å². The molecule has 0 saturated carbocycles. The van der Waals surface area contributed by atoms with Gasteiger partial charge in [-0.25, -0.2) is 9.37 Å². The first-order valence-electron chi connectivity index (χ1n) is 6.31. The van der Waals surface area contributed by atoms with Gasteiger partial charge in [0.2, 0.25) is 0 Å². The number of halogens is 2. The van der Waals surface area contributed by atoms with Crippen LogP contribution in [0.25, 0.3) is 22.4 Å². The van der Waals surface area contributed by atoms with E-state index in [-0.39, 0.29) is 5.82 Å². The first-order valence-corrected chi connectivity index (χ1v) is 7.11. The Balaban J connectivity index is 2.01. The average molecular weight is 334 g/mol. The summed E-state index contributed by atoms with van der Waals surface area (Å²) in [5.74, 6) is 0.433. The Morgan fingerprint density at radius 1 is 1.20 bits per heavy atom. The first kappa shape index (κ1) is 13.3. The molecule has 2 aromatic carbocycles. The van der Waals surface area contributed by atoms with Crippen molar-refractivity contribution in [2.24, 2.45) is 5.73 Å². The largest absolute Gasteiger partial charge is 0.338 e. The monoisotopic (exact) mass is 333 g/mol. The van der Waals surface area contributed by atoms with Crippen LogP contribution in [-0.4, -0.2) is 16.5 Å². The van der Waals surface area contributed by atoms with Crippen molar-refractivity contribution in [1.29, 1.82) is 0 Å². The number of nitrogens with two attached hydrogens (primary N) is 1. The Kier molecular flexibility index (Phi) is 3.54. The van der Waals surface area contributed by atoms with E-state index in [1.165, 1.54) is 11.6 Å². The van der Waals surface area contributed by atoms with E-state index < -0.39 is 0 Å². The minimum Gasteiger partial charge on any atom is -0.338 e. The van der Waals surface area contributed by atoms with E-state index in [1.54, 1.807) is 6.07 Å². The van der Waals surface area contributed by atoms with Crippen molar-refractivity contribution >= 4 is 27.0 Å². The van der Waals surface area contributed by atoms with Gasteiger partial charge in [-0.2, -0.15) is 0 Å². The standard InChI is InChI=1S/C15H13BrFN3/c16-11-7-13-14(8-12(11)17)20-15(19-13)10-3-1-9(2-4-10)5-6-18/h1-4,7-8H,5-6,18H2,(H,19,20). The number of benzene rings is 2. The fourth-order valence-electron chi connectivity index (χ4n) is 2.14. The SMILES string of the molecule is NCCc1ccc(-c2nc3cc(Br)c(F)cc3[nH]2)cc1. The van der Waals surface area contributed by atoms with E-state index in [9.17, 15) is 4.39 Å². The van der Waals surface area contributed by atoms with Crippen LogP contribution in [0.1, 0.15) is 5.56 Å². The first-order chi connectivity index (χ1) is 9.67. The molecular formula is C15H13BrFN3. The third kappa shape index (κ3) is 2.46. The lowest BCUT2D eigenvalue weighted by molar-refractivity contribution is 0.623. The maximum absolute atomic E-state index is 13.5. The van der Waals surface area contributed by atoms with Crippen molar-refractivity contribution < 1.29 is 4.39 Å². The summed E-state index contributed by atoms with van der Waals surface area (Å²) in [6.45, 7) is 0.636. The average Bonchev–Trinajstić information content (AvgIpc) is 2.83. The molecule has 0 fully saturated rings. The van der Waals surface area contributed by atoms with Crippen molar-refractivity contribution in [2.75, 3.05) is 6.54 Å². The molecule has 3 rings (SSSR count). The fraction of sp³-hybridized carbons (Fsp3) is 0.133. The molecule has 0 atom stereocenters. The van der Waals surface area contributed by atoms with E-state index in [0.717, 1.165) is 23.3 Å². The zero-order chi connectivity index (χ0) is 14.1. The van der Waals surface area contributed by atoms with Gasteiger partial charge in [0.05, 0.1) is 15.5 Å². The molecule has 0 spiro atoms. The summed E-state index contributed by atoms with van der Waals surface area (Å²) in [5, 5.41) is 0. The zero-order valence-electron chi connectivity index (χ0n) is 10.7. The Morgan fingerprint density at radius 2 is 1.95 bits per heavy atom. The summed E-state index contributed by atoms with van der Waals surface area (Å²) in [7, 11) is 0. The van der Waals surface area contributed by atoms with Gasteiger partial charge < -0.3 is 10.7 Å². The summed E-state index contributed by atoms with van der Waals surface area (Å²) in [6, 6.07) is 11.2. The van der Waals surface area contributed by atoms with E-state index in [1.807, 2.05) is 24.3 Å². The smallest absolute Gasteiger partial charge is 0.139 e. The number of aromatic amines is 1. The topological polar surface area (TPSA) is 54.7 Å². The summed E-state index contributed by atoms with van der Waals surface area (Å²) >= 11 is 3.17. The maximum Gasteiger partial charge on any atom is 0.139 e. The third-order valence-electron chi connectivity index (χ3n) is 3.18. The van der Waals surface area contributed by atoms with Gasteiger partial charge in [0.15, 0.2) is 0 Å². The van der Waals surface area contributed by atoms with Crippen LogP contribution < -0.4 is 5.73 Å². The number of imidazole rings is 1. The number of nitrogens with one attached hydrogen (secondary N) is 1. The molecule has 1 aromatic heterocycles. The second-order valence-electron chi connectivity index (χ2n) is 4.60.